The normalized spacial score (nSPS) is 14.4. The van der Waals surface area contributed by atoms with Crippen molar-refractivity contribution in [3.05, 3.63) is 82.8 Å². The number of imidazole rings is 1. The number of aromatic nitrogens is 3. The topological polar surface area (TPSA) is 52.3 Å². The molecule has 152 valence electrons. The Bertz CT molecular complexity index is 1240. The Hall–Kier alpha value is -3.38. The average molecular weight is 400 g/mol. The smallest absolute Gasteiger partial charge is 0.250 e. The first kappa shape index (κ1) is 18.6. The van der Waals surface area contributed by atoms with Crippen LogP contribution in [0, 0.1) is 0 Å². The van der Waals surface area contributed by atoms with Crippen molar-refractivity contribution in [1.29, 1.82) is 0 Å². The van der Waals surface area contributed by atoms with Crippen LogP contribution in [0.15, 0.2) is 71.7 Å². The Morgan fingerprint density at radius 3 is 2.57 bits per heavy atom. The van der Waals surface area contributed by atoms with Crippen molar-refractivity contribution >= 4 is 16.7 Å². The van der Waals surface area contributed by atoms with Gasteiger partial charge in [0.05, 0.1) is 24.2 Å². The first-order valence-corrected chi connectivity index (χ1v) is 10.2. The zero-order chi connectivity index (χ0) is 20.5. The van der Waals surface area contributed by atoms with E-state index in [1.165, 1.54) is 11.3 Å². The summed E-state index contributed by atoms with van der Waals surface area (Å²) in [5.41, 5.74) is 5.33. The van der Waals surface area contributed by atoms with Gasteiger partial charge in [0.1, 0.15) is 5.82 Å². The molecule has 1 aliphatic heterocycles. The van der Waals surface area contributed by atoms with Gasteiger partial charge in [-0.05, 0) is 29.8 Å². The summed E-state index contributed by atoms with van der Waals surface area (Å²) >= 11 is 0. The fourth-order valence-electron chi connectivity index (χ4n) is 4.00. The van der Waals surface area contributed by atoms with E-state index in [4.69, 9.17) is 9.72 Å². The third-order valence-corrected chi connectivity index (χ3v) is 5.64. The number of ether oxygens (including phenoxy) is 1. The molecule has 0 saturated carbocycles. The molecule has 1 aliphatic rings. The molecular formula is C24H24N4O2. The minimum atomic E-state index is -0.0286. The van der Waals surface area contributed by atoms with Crippen LogP contribution >= 0.6 is 0 Å². The van der Waals surface area contributed by atoms with E-state index in [9.17, 15) is 4.79 Å². The number of pyridine rings is 1. The van der Waals surface area contributed by atoms with Crippen molar-refractivity contribution in [3.8, 4) is 11.4 Å². The molecule has 4 aromatic rings. The molecule has 2 aromatic carbocycles. The Balaban J connectivity index is 1.66. The van der Waals surface area contributed by atoms with Crippen LogP contribution in [-0.2, 0) is 18.3 Å². The number of rotatable bonds is 4. The summed E-state index contributed by atoms with van der Waals surface area (Å²) in [5.74, 6) is 0.864. The maximum atomic E-state index is 11.9. The molecule has 0 amide bonds. The summed E-state index contributed by atoms with van der Waals surface area (Å²) < 4.78 is 9.35. The van der Waals surface area contributed by atoms with Gasteiger partial charge in [-0.15, -0.1) is 0 Å². The minimum Gasteiger partial charge on any atom is -0.378 e. The first-order chi connectivity index (χ1) is 14.7. The highest BCUT2D eigenvalue weighted by atomic mass is 16.5. The Labute approximate surface area is 175 Å². The number of morpholine rings is 1. The van der Waals surface area contributed by atoms with E-state index in [-0.39, 0.29) is 5.56 Å². The molecule has 0 unspecified atom stereocenters. The van der Waals surface area contributed by atoms with Crippen molar-refractivity contribution in [2.45, 2.75) is 6.54 Å². The third kappa shape index (κ3) is 3.50. The number of aryl methyl sites for hydroxylation is 1. The molecular weight excluding hydrogens is 376 g/mol. The highest BCUT2D eigenvalue weighted by Gasteiger charge is 2.17. The molecule has 2 aromatic heterocycles. The average Bonchev–Trinajstić information content (AvgIpc) is 3.14. The monoisotopic (exact) mass is 400 g/mol. The number of benzene rings is 2. The number of fused-ring (bicyclic) bond motifs is 1. The molecule has 0 aliphatic carbocycles. The molecule has 6 heteroatoms. The van der Waals surface area contributed by atoms with E-state index in [2.05, 4.69) is 51.9 Å². The van der Waals surface area contributed by atoms with Gasteiger partial charge in [0.15, 0.2) is 0 Å². The number of nitrogens with zero attached hydrogens (tertiary/aromatic N) is 4. The summed E-state index contributed by atoms with van der Waals surface area (Å²) in [7, 11) is 1.77. The van der Waals surface area contributed by atoms with Gasteiger partial charge in [-0.3, -0.25) is 4.79 Å². The van der Waals surface area contributed by atoms with Crippen molar-refractivity contribution in [2.24, 2.45) is 7.05 Å². The van der Waals surface area contributed by atoms with Gasteiger partial charge < -0.3 is 18.8 Å². The van der Waals surface area contributed by atoms with E-state index in [0.29, 0.717) is 6.54 Å². The number of hydrogen-bond acceptors (Lipinski definition) is 4. The molecule has 5 rings (SSSR count). The van der Waals surface area contributed by atoms with Crippen LogP contribution in [-0.4, -0.2) is 40.4 Å². The van der Waals surface area contributed by atoms with Gasteiger partial charge in [-0.2, -0.15) is 0 Å². The highest BCUT2D eigenvalue weighted by Crippen LogP contribution is 2.29. The molecule has 0 atom stereocenters. The summed E-state index contributed by atoms with van der Waals surface area (Å²) in [6, 6.07) is 20.3. The maximum Gasteiger partial charge on any atom is 0.250 e. The number of anilines is 1. The lowest BCUT2D eigenvalue weighted by molar-refractivity contribution is 0.122. The third-order valence-electron chi connectivity index (χ3n) is 5.64. The van der Waals surface area contributed by atoms with Crippen molar-refractivity contribution < 1.29 is 4.74 Å². The van der Waals surface area contributed by atoms with Gasteiger partial charge in [0, 0.05) is 50.2 Å². The molecule has 1 fully saturated rings. The molecule has 1 saturated heterocycles. The summed E-state index contributed by atoms with van der Waals surface area (Å²) in [4.78, 5) is 19.2. The Morgan fingerprint density at radius 2 is 1.80 bits per heavy atom. The van der Waals surface area contributed by atoms with Crippen molar-refractivity contribution in [2.75, 3.05) is 31.2 Å². The van der Waals surface area contributed by atoms with Crippen LogP contribution in [0.3, 0.4) is 0 Å². The lowest BCUT2D eigenvalue weighted by Crippen LogP contribution is -2.36. The zero-order valence-electron chi connectivity index (χ0n) is 17.0. The molecule has 0 bridgehead atoms. The van der Waals surface area contributed by atoms with Gasteiger partial charge in [-0.1, -0.05) is 30.3 Å². The van der Waals surface area contributed by atoms with Crippen LogP contribution in [0.5, 0.6) is 0 Å². The predicted molar refractivity (Wildman–Crippen MR) is 119 cm³/mol. The van der Waals surface area contributed by atoms with E-state index in [0.717, 1.165) is 48.7 Å². The van der Waals surface area contributed by atoms with Crippen molar-refractivity contribution in [1.82, 2.24) is 14.1 Å². The Kier molecular flexibility index (Phi) is 4.85. The summed E-state index contributed by atoms with van der Waals surface area (Å²) in [6.45, 7) is 4.01. The van der Waals surface area contributed by atoms with Crippen LogP contribution < -0.4 is 10.5 Å². The second-order valence-electron chi connectivity index (χ2n) is 7.65. The second-order valence-corrected chi connectivity index (χ2v) is 7.65. The van der Waals surface area contributed by atoms with Gasteiger partial charge >= 0.3 is 0 Å². The van der Waals surface area contributed by atoms with Crippen LogP contribution in [0.2, 0.25) is 0 Å². The van der Waals surface area contributed by atoms with Gasteiger partial charge in [-0.25, -0.2) is 4.98 Å². The zero-order valence-corrected chi connectivity index (χ0v) is 17.0. The quantitative estimate of drug-likeness (QED) is 0.528. The standard InChI is InChI=1S/C24H24N4O2/c1-26-17-19(7-10-23(26)29)24-25-21-9-8-20(27-11-13-30-14-12-27)15-22(21)28(24)16-18-5-3-2-4-6-18/h2-10,15,17H,11-14,16H2,1H3. The van der Waals surface area contributed by atoms with E-state index in [1.807, 2.05) is 18.3 Å². The molecule has 0 spiro atoms. The molecule has 3 heterocycles. The van der Waals surface area contributed by atoms with Crippen molar-refractivity contribution in [3.63, 3.8) is 0 Å². The largest absolute Gasteiger partial charge is 0.378 e. The summed E-state index contributed by atoms with van der Waals surface area (Å²) in [6.07, 6.45) is 1.86. The predicted octanol–water partition coefficient (Wildman–Crippen LogP) is 3.29. The van der Waals surface area contributed by atoms with Gasteiger partial charge in [0.25, 0.3) is 0 Å². The number of hydrogen-bond donors (Lipinski definition) is 0. The van der Waals surface area contributed by atoms with E-state index in [1.54, 1.807) is 17.7 Å². The van der Waals surface area contributed by atoms with E-state index >= 15 is 0 Å². The van der Waals surface area contributed by atoms with Crippen LogP contribution in [0.25, 0.3) is 22.4 Å². The summed E-state index contributed by atoms with van der Waals surface area (Å²) in [5, 5.41) is 0. The molecule has 6 nitrogen and oxygen atoms in total. The SMILES string of the molecule is Cn1cc(-c2nc3ccc(N4CCOCC4)cc3n2Cc2ccccc2)ccc1=O. The lowest BCUT2D eigenvalue weighted by atomic mass is 10.2. The minimum absolute atomic E-state index is 0.0286. The highest BCUT2D eigenvalue weighted by molar-refractivity contribution is 5.84. The van der Waals surface area contributed by atoms with Crippen LogP contribution in [0.4, 0.5) is 5.69 Å². The Morgan fingerprint density at radius 1 is 1.00 bits per heavy atom. The van der Waals surface area contributed by atoms with Crippen LogP contribution in [0.1, 0.15) is 5.56 Å². The first-order valence-electron chi connectivity index (χ1n) is 10.2. The lowest BCUT2D eigenvalue weighted by Gasteiger charge is -2.28. The molecule has 0 N–H and O–H groups in total. The maximum absolute atomic E-state index is 11.9. The molecule has 30 heavy (non-hydrogen) atoms. The van der Waals surface area contributed by atoms with E-state index < -0.39 is 0 Å². The fraction of sp³-hybridized carbons (Fsp3) is 0.250. The molecule has 0 radical (unpaired) electrons. The fourth-order valence-corrected chi connectivity index (χ4v) is 4.00. The second kappa shape index (κ2) is 7.80. The van der Waals surface area contributed by atoms with Gasteiger partial charge in [0.2, 0.25) is 5.56 Å².